The maximum absolute atomic E-state index is 12.6. The normalized spacial score (nSPS) is 17.1. The minimum atomic E-state index is -0.489. The summed E-state index contributed by atoms with van der Waals surface area (Å²) < 4.78 is 7.24. The highest BCUT2D eigenvalue weighted by Gasteiger charge is 2.31. The molecule has 0 bridgehead atoms. The minimum absolute atomic E-state index is 0.0722. The quantitative estimate of drug-likeness (QED) is 0.891. The van der Waals surface area contributed by atoms with Crippen molar-refractivity contribution in [3.63, 3.8) is 0 Å². The number of aromatic nitrogens is 2. The summed E-state index contributed by atoms with van der Waals surface area (Å²) in [6, 6.07) is 0.129. The van der Waals surface area contributed by atoms with Crippen LogP contribution >= 0.6 is 0 Å². The van der Waals surface area contributed by atoms with Gasteiger partial charge in [-0.25, -0.2) is 4.79 Å². The van der Waals surface area contributed by atoms with Crippen molar-refractivity contribution in [2.24, 2.45) is 7.05 Å². The molecule has 1 aromatic heterocycles. The molecule has 1 N–H and O–H groups in total. The molecule has 26 heavy (non-hydrogen) atoms. The van der Waals surface area contributed by atoms with E-state index in [-0.39, 0.29) is 24.0 Å². The molecule has 1 aliphatic heterocycles. The van der Waals surface area contributed by atoms with Gasteiger partial charge in [0.15, 0.2) is 0 Å². The highest BCUT2D eigenvalue weighted by atomic mass is 16.6. The summed E-state index contributed by atoms with van der Waals surface area (Å²) in [6.07, 6.45) is 3.85. The number of aryl methyl sites for hydroxylation is 1. The van der Waals surface area contributed by atoms with Gasteiger partial charge in [-0.1, -0.05) is 6.92 Å². The lowest BCUT2D eigenvalue weighted by Gasteiger charge is -2.33. The number of nitrogens with zero attached hydrogens (tertiary/aromatic N) is 3. The molecular formula is C19H32N4O3. The van der Waals surface area contributed by atoms with E-state index in [0.717, 1.165) is 25.0 Å². The second-order valence-electron chi connectivity index (χ2n) is 8.09. The van der Waals surface area contributed by atoms with Gasteiger partial charge >= 0.3 is 6.09 Å². The van der Waals surface area contributed by atoms with Crippen molar-refractivity contribution in [2.75, 3.05) is 13.1 Å². The number of ether oxygens (including phenoxy) is 1. The molecule has 2 amide bonds. The van der Waals surface area contributed by atoms with E-state index in [1.165, 1.54) is 0 Å². The lowest BCUT2D eigenvalue weighted by molar-refractivity contribution is 0.0203. The number of rotatable bonds is 4. The highest BCUT2D eigenvalue weighted by Crippen LogP contribution is 2.30. The summed E-state index contributed by atoms with van der Waals surface area (Å²) in [5, 5.41) is 7.31. The zero-order chi connectivity index (χ0) is 19.5. The van der Waals surface area contributed by atoms with Gasteiger partial charge in [0, 0.05) is 32.1 Å². The second-order valence-corrected chi connectivity index (χ2v) is 8.09. The Labute approximate surface area is 156 Å². The first-order valence-electron chi connectivity index (χ1n) is 9.43. The highest BCUT2D eigenvalue weighted by molar-refractivity contribution is 5.95. The molecule has 1 saturated heterocycles. The standard InChI is InChI=1S/C19H32N4O3/c1-7-13(2)21-17(24)15-12-20-22(6)16(15)14-8-10-23(11-9-14)18(25)26-19(3,4)5/h12-14H,7-11H2,1-6H3,(H,21,24). The summed E-state index contributed by atoms with van der Waals surface area (Å²) in [5.74, 6) is 0.135. The molecule has 7 nitrogen and oxygen atoms in total. The lowest BCUT2D eigenvalue weighted by atomic mass is 9.91. The van der Waals surface area contributed by atoms with Crippen molar-refractivity contribution in [2.45, 2.75) is 71.4 Å². The fourth-order valence-corrected chi connectivity index (χ4v) is 3.17. The number of hydrogen-bond donors (Lipinski definition) is 1. The van der Waals surface area contributed by atoms with Crippen LogP contribution < -0.4 is 5.32 Å². The second kappa shape index (κ2) is 8.10. The molecule has 1 fully saturated rings. The number of likely N-dealkylation sites (tertiary alicyclic amines) is 1. The number of nitrogens with one attached hydrogen (secondary N) is 1. The third-order valence-corrected chi connectivity index (χ3v) is 4.75. The predicted molar refractivity (Wildman–Crippen MR) is 100 cm³/mol. The van der Waals surface area contributed by atoms with Gasteiger partial charge in [0.1, 0.15) is 5.60 Å². The van der Waals surface area contributed by atoms with Gasteiger partial charge in [-0.15, -0.1) is 0 Å². The van der Waals surface area contributed by atoms with E-state index < -0.39 is 5.60 Å². The summed E-state index contributed by atoms with van der Waals surface area (Å²) in [4.78, 5) is 26.5. The number of amides is 2. The van der Waals surface area contributed by atoms with Gasteiger partial charge in [0.05, 0.1) is 17.5 Å². The van der Waals surface area contributed by atoms with Gasteiger partial charge in [-0.3, -0.25) is 9.48 Å². The maximum atomic E-state index is 12.6. The van der Waals surface area contributed by atoms with Gasteiger partial charge in [-0.2, -0.15) is 5.10 Å². The van der Waals surface area contributed by atoms with Crippen LogP contribution in [-0.4, -0.2) is 51.4 Å². The van der Waals surface area contributed by atoms with Crippen molar-refractivity contribution in [1.29, 1.82) is 0 Å². The van der Waals surface area contributed by atoms with Crippen LogP contribution in [0.4, 0.5) is 4.79 Å². The number of hydrogen-bond acceptors (Lipinski definition) is 4. The lowest BCUT2D eigenvalue weighted by Crippen LogP contribution is -2.41. The summed E-state index contributed by atoms with van der Waals surface area (Å²) >= 11 is 0. The zero-order valence-corrected chi connectivity index (χ0v) is 16.8. The molecular weight excluding hydrogens is 332 g/mol. The Morgan fingerprint density at radius 3 is 2.50 bits per heavy atom. The Morgan fingerprint density at radius 2 is 1.96 bits per heavy atom. The van der Waals surface area contributed by atoms with Crippen molar-refractivity contribution >= 4 is 12.0 Å². The molecule has 0 spiro atoms. The third kappa shape index (κ3) is 4.99. The largest absolute Gasteiger partial charge is 0.444 e. The van der Waals surface area contributed by atoms with Crippen LogP contribution in [0, 0.1) is 0 Å². The fourth-order valence-electron chi connectivity index (χ4n) is 3.17. The summed E-state index contributed by atoms with van der Waals surface area (Å²) in [6.45, 7) is 10.9. The van der Waals surface area contributed by atoms with Crippen LogP contribution in [0.3, 0.4) is 0 Å². The molecule has 0 radical (unpaired) electrons. The smallest absolute Gasteiger partial charge is 0.410 e. The monoisotopic (exact) mass is 364 g/mol. The maximum Gasteiger partial charge on any atom is 0.410 e. The Bertz CT molecular complexity index is 640. The van der Waals surface area contributed by atoms with E-state index in [2.05, 4.69) is 10.4 Å². The van der Waals surface area contributed by atoms with Gasteiger partial charge in [0.25, 0.3) is 5.91 Å². The molecule has 7 heteroatoms. The van der Waals surface area contributed by atoms with Crippen LogP contribution in [0.25, 0.3) is 0 Å². The number of carbonyl (C=O) groups excluding carboxylic acids is 2. The average molecular weight is 364 g/mol. The SMILES string of the molecule is CCC(C)NC(=O)c1cnn(C)c1C1CCN(C(=O)OC(C)(C)C)CC1. The van der Waals surface area contributed by atoms with Crippen molar-refractivity contribution < 1.29 is 14.3 Å². The molecule has 1 unspecified atom stereocenters. The summed E-state index contributed by atoms with van der Waals surface area (Å²) in [5.41, 5.74) is 1.11. The molecule has 1 aliphatic rings. The summed E-state index contributed by atoms with van der Waals surface area (Å²) in [7, 11) is 1.87. The topological polar surface area (TPSA) is 76.5 Å². The molecule has 0 aromatic carbocycles. The average Bonchev–Trinajstić information content (AvgIpc) is 2.95. The number of piperidine rings is 1. The van der Waals surface area contributed by atoms with E-state index in [4.69, 9.17) is 4.74 Å². The predicted octanol–water partition coefficient (Wildman–Crippen LogP) is 3.06. The van der Waals surface area contributed by atoms with Crippen molar-refractivity contribution in [3.05, 3.63) is 17.5 Å². The molecule has 2 rings (SSSR count). The van der Waals surface area contributed by atoms with Crippen LogP contribution in [0.15, 0.2) is 6.20 Å². The van der Waals surface area contributed by atoms with Crippen molar-refractivity contribution in [1.82, 2.24) is 20.0 Å². The van der Waals surface area contributed by atoms with Gasteiger partial charge < -0.3 is 15.0 Å². The number of carbonyl (C=O) groups is 2. The molecule has 146 valence electrons. The van der Waals surface area contributed by atoms with E-state index in [1.807, 2.05) is 41.7 Å². The Morgan fingerprint density at radius 1 is 1.35 bits per heavy atom. The van der Waals surface area contributed by atoms with Crippen LogP contribution in [0.2, 0.25) is 0 Å². The molecule has 2 heterocycles. The van der Waals surface area contributed by atoms with E-state index >= 15 is 0 Å². The first kappa shape index (κ1) is 20.3. The van der Waals surface area contributed by atoms with Crippen LogP contribution in [0.5, 0.6) is 0 Å². The Hall–Kier alpha value is -2.05. The third-order valence-electron chi connectivity index (χ3n) is 4.75. The zero-order valence-electron chi connectivity index (χ0n) is 16.8. The molecule has 1 aromatic rings. The van der Waals surface area contributed by atoms with Gasteiger partial charge in [0.2, 0.25) is 0 Å². The van der Waals surface area contributed by atoms with Crippen LogP contribution in [-0.2, 0) is 11.8 Å². The van der Waals surface area contributed by atoms with Gasteiger partial charge in [-0.05, 0) is 47.0 Å². The molecule has 0 saturated carbocycles. The van der Waals surface area contributed by atoms with Crippen LogP contribution in [0.1, 0.15) is 75.9 Å². The van der Waals surface area contributed by atoms with E-state index in [0.29, 0.717) is 18.7 Å². The Kier molecular flexibility index (Phi) is 6.31. The van der Waals surface area contributed by atoms with E-state index in [1.54, 1.807) is 15.8 Å². The first-order chi connectivity index (χ1) is 12.1. The minimum Gasteiger partial charge on any atom is -0.444 e. The van der Waals surface area contributed by atoms with Crippen molar-refractivity contribution in [3.8, 4) is 0 Å². The Balaban J connectivity index is 2.04. The fraction of sp³-hybridized carbons (Fsp3) is 0.737. The molecule has 0 aliphatic carbocycles. The molecule has 1 atom stereocenters. The van der Waals surface area contributed by atoms with E-state index in [9.17, 15) is 9.59 Å². The first-order valence-corrected chi connectivity index (χ1v) is 9.43.